The van der Waals surface area contributed by atoms with Gasteiger partial charge in [0.25, 0.3) is 10.1 Å². The van der Waals surface area contributed by atoms with Crippen LogP contribution in [0.5, 0.6) is 0 Å². The maximum Gasteiger partial charge on any atom is 0.345 e. The average molecular weight is 230 g/mol. The summed E-state index contributed by atoms with van der Waals surface area (Å²) in [4.78, 5) is 10.3. The van der Waals surface area contributed by atoms with E-state index in [1.54, 1.807) is 0 Å². The lowest BCUT2D eigenvalue weighted by molar-refractivity contribution is -0.128. The zero-order valence-electron chi connectivity index (χ0n) is 6.20. The summed E-state index contributed by atoms with van der Waals surface area (Å²) in [7, 11) is -9.34. The Hall–Kier alpha value is -0.930. The molecule has 0 aliphatic rings. The van der Waals surface area contributed by atoms with E-state index in [0.29, 0.717) is 6.08 Å². The Morgan fingerprint density at radius 1 is 1.38 bits per heavy atom. The molecule has 0 saturated carbocycles. The van der Waals surface area contributed by atoms with Gasteiger partial charge >= 0.3 is 16.1 Å². The van der Waals surface area contributed by atoms with Gasteiger partial charge in [0.15, 0.2) is 0 Å². The van der Waals surface area contributed by atoms with E-state index in [2.05, 4.69) is 10.8 Å². The van der Waals surface area contributed by atoms with E-state index >= 15 is 0 Å². The monoisotopic (exact) mass is 230 g/mol. The van der Waals surface area contributed by atoms with E-state index < -0.39 is 31.3 Å². The van der Waals surface area contributed by atoms with Crippen molar-refractivity contribution in [3.05, 3.63) is 12.7 Å². The Morgan fingerprint density at radius 2 is 1.85 bits per heavy atom. The Kier molecular flexibility index (Phi) is 3.58. The first-order valence-corrected chi connectivity index (χ1v) is 5.88. The van der Waals surface area contributed by atoms with Crippen molar-refractivity contribution in [2.45, 2.75) is 0 Å². The topological polar surface area (TPSA) is 115 Å². The van der Waals surface area contributed by atoms with Crippen molar-refractivity contribution in [2.75, 3.05) is 5.08 Å². The van der Waals surface area contributed by atoms with Gasteiger partial charge in [-0.25, -0.2) is 4.79 Å². The highest BCUT2D eigenvalue weighted by Crippen LogP contribution is 1.98. The molecule has 0 unspecified atom stereocenters. The molecule has 0 amide bonds. The van der Waals surface area contributed by atoms with Gasteiger partial charge in [0.1, 0.15) is 0 Å². The number of carbonyl (C=O) groups excluding carboxylic acids is 1. The number of hydrogen-bond donors (Lipinski definition) is 1. The summed E-state index contributed by atoms with van der Waals surface area (Å²) in [5, 5.41) is -1.67. The second-order valence-corrected chi connectivity index (χ2v) is 5.25. The molecule has 76 valence electrons. The zero-order chi connectivity index (χ0) is 10.7. The van der Waals surface area contributed by atoms with Crippen LogP contribution in [-0.2, 0) is 29.2 Å². The largest absolute Gasteiger partial charge is 0.345 e. The minimum Gasteiger partial charge on any atom is -0.341 e. The van der Waals surface area contributed by atoms with Crippen LogP contribution in [0.25, 0.3) is 0 Å². The molecular formula is C4H6O7S2. The van der Waals surface area contributed by atoms with Crippen molar-refractivity contribution in [3.8, 4) is 0 Å². The fourth-order valence-corrected chi connectivity index (χ4v) is 2.34. The number of rotatable bonds is 4. The number of hydrogen-bond acceptors (Lipinski definition) is 6. The van der Waals surface area contributed by atoms with Crippen LogP contribution >= 0.6 is 0 Å². The first kappa shape index (κ1) is 12.1. The van der Waals surface area contributed by atoms with Crippen LogP contribution in [0.3, 0.4) is 0 Å². The van der Waals surface area contributed by atoms with Gasteiger partial charge < -0.3 is 4.18 Å². The molecule has 0 aromatic rings. The van der Waals surface area contributed by atoms with E-state index in [4.69, 9.17) is 4.55 Å². The summed E-state index contributed by atoms with van der Waals surface area (Å²) >= 11 is 0. The molecule has 9 heteroatoms. The predicted octanol–water partition coefficient (Wildman–Crippen LogP) is -1.11. The predicted molar refractivity (Wildman–Crippen MR) is 41.6 cm³/mol. The van der Waals surface area contributed by atoms with Gasteiger partial charge in [0.05, 0.1) is 0 Å². The van der Waals surface area contributed by atoms with E-state index in [1.165, 1.54) is 0 Å². The fourth-order valence-electron chi connectivity index (χ4n) is 0.366. The lowest BCUT2D eigenvalue weighted by Crippen LogP contribution is -2.20. The molecule has 0 fully saturated rings. The smallest absolute Gasteiger partial charge is 0.341 e. The molecule has 13 heavy (non-hydrogen) atoms. The molecule has 1 N–H and O–H groups in total. The molecule has 0 bridgehead atoms. The van der Waals surface area contributed by atoms with Crippen molar-refractivity contribution < 1.29 is 30.4 Å². The van der Waals surface area contributed by atoms with Crippen molar-refractivity contribution in [1.29, 1.82) is 0 Å². The molecule has 7 nitrogen and oxygen atoms in total. The summed E-state index contributed by atoms with van der Waals surface area (Å²) in [5.41, 5.74) is 0. The van der Waals surface area contributed by atoms with Crippen LogP contribution in [0.15, 0.2) is 12.7 Å². The van der Waals surface area contributed by atoms with Crippen molar-refractivity contribution in [1.82, 2.24) is 0 Å². The summed E-state index contributed by atoms with van der Waals surface area (Å²) in [5.74, 6) is -1.32. The summed E-state index contributed by atoms with van der Waals surface area (Å²) in [6.45, 7) is 2.89. The van der Waals surface area contributed by atoms with Crippen LogP contribution in [0.1, 0.15) is 0 Å². The zero-order valence-corrected chi connectivity index (χ0v) is 7.84. The third-order valence-electron chi connectivity index (χ3n) is 0.669. The van der Waals surface area contributed by atoms with Crippen molar-refractivity contribution in [3.63, 3.8) is 0 Å². The fraction of sp³-hybridized carbons (Fsp3) is 0.250. The van der Waals surface area contributed by atoms with E-state index in [9.17, 15) is 21.6 Å². The van der Waals surface area contributed by atoms with Gasteiger partial charge in [-0.1, -0.05) is 6.58 Å². The van der Waals surface area contributed by atoms with Gasteiger partial charge in [-0.15, -0.1) is 0 Å². The van der Waals surface area contributed by atoms with E-state index in [0.717, 1.165) is 0 Å². The first-order valence-electron chi connectivity index (χ1n) is 2.70. The molecule has 0 aromatic carbocycles. The quantitative estimate of drug-likeness (QED) is 0.370. The van der Waals surface area contributed by atoms with Gasteiger partial charge in [-0.05, 0) is 0 Å². The highest BCUT2D eigenvalue weighted by atomic mass is 32.3. The van der Waals surface area contributed by atoms with Crippen molar-refractivity contribution in [2.24, 2.45) is 0 Å². The third kappa shape index (κ3) is 6.25. The van der Waals surface area contributed by atoms with E-state index in [1.807, 2.05) is 0 Å². The molecule has 0 saturated heterocycles. The number of carbonyl (C=O) groups is 1. The third-order valence-corrected chi connectivity index (χ3v) is 3.43. The van der Waals surface area contributed by atoms with Crippen LogP contribution in [0.2, 0.25) is 0 Å². The average Bonchev–Trinajstić information content (AvgIpc) is 1.80. The molecular weight excluding hydrogens is 224 g/mol. The SMILES string of the molecule is C=CC(=O)OS(=O)(=O)CS(=O)(=O)O. The van der Waals surface area contributed by atoms with Crippen LogP contribution in [-0.4, -0.2) is 32.4 Å². The first-order chi connectivity index (χ1) is 5.66. The molecule has 0 atom stereocenters. The van der Waals surface area contributed by atoms with E-state index in [-0.39, 0.29) is 0 Å². The van der Waals surface area contributed by atoms with Crippen LogP contribution < -0.4 is 0 Å². The highest BCUT2D eigenvalue weighted by Gasteiger charge is 2.23. The highest BCUT2D eigenvalue weighted by molar-refractivity contribution is 8.03. The Bertz CT molecular complexity index is 400. The Labute approximate surface area is 74.9 Å². The van der Waals surface area contributed by atoms with Crippen LogP contribution in [0, 0.1) is 0 Å². The second-order valence-electron chi connectivity index (χ2n) is 1.86. The maximum absolute atomic E-state index is 10.6. The molecule has 0 rings (SSSR count). The lowest BCUT2D eigenvalue weighted by atomic mass is 10.7. The molecule has 0 spiro atoms. The summed E-state index contributed by atoms with van der Waals surface area (Å²) in [6.07, 6.45) is 0.543. The molecule has 0 radical (unpaired) electrons. The summed E-state index contributed by atoms with van der Waals surface area (Å²) in [6, 6.07) is 0. The van der Waals surface area contributed by atoms with Crippen molar-refractivity contribution >= 4 is 26.2 Å². The molecule has 0 aliphatic heterocycles. The molecule has 0 aromatic heterocycles. The minimum absolute atomic E-state index is 0.543. The molecule has 0 aliphatic carbocycles. The Balaban J connectivity index is 4.63. The van der Waals surface area contributed by atoms with Crippen LogP contribution in [0.4, 0.5) is 0 Å². The second kappa shape index (κ2) is 3.85. The summed E-state index contributed by atoms with van der Waals surface area (Å²) < 4.78 is 53.1. The van der Waals surface area contributed by atoms with Gasteiger partial charge in [0.2, 0.25) is 5.08 Å². The maximum atomic E-state index is 10.6. The minimum atomic E-state index is -4.74. The van der Waals surface area contributed by atoms with Gasteiger partial charge in [0, 0.05) is 6.08 Å². The molecule has 0 heterocycles. The normalized spacial score (nSPS) is 12.1. The van der Waals surface area contributed by atoms with Gasteiger partial charge in [-0.3, -0.25) is 4.55 Å². The standard InChI is InChI=1S/C4H6O7S2/c1-2-4(5)11-13(9,10)3-12(6,7)8/h2H,1,3H2,(H,6,7,8). The Morgan fingerprint density at radius 3 is 2.15 bits per heavy atom. The lowest BCUT2D eigenvalue weighted by Gasteiger charge is -1.99. The van der Waals surface area contributed by atoms with Gasteiger partial charge in [-0.2, -0.15) is 16.8 Å².